The van der Waals surface area contributed by atoms with Crippen LogP contribution in [0.2, 0.25) is 0 Å². The number of hydrogen-bond donors (Lipinski definition) is 0. The summed E-state index contributed by atoms with van der Waals surface area (Å²) in [6.45, 7) is 2.10. The van der Waals surface area contributed by atoms with Gasteiger partial charge < -0.3 is 4.74 Å². The quantitative estimate of drug-likeness (QED) is 0.549. The van der Waals surface area contributed by atoms with Crippen LogP contribution in [0.4, 0.5) is 0 Å². The first-order valence-electron chi connectivity index (χ1n) is 6.11. The summed E-state index contributed by atoms with van der Waals surface area (Å²) in [5.74, 6) is -0.271. The van der Waals surface area contributed by atoms with Gasteiger partial charge in [0.05, 0.1) is 6.61 Å². The van der Waals surface area contributed by atoms with Gasteiger partial charge in [0.15, 0.2) is 0 Å². The van der Waals surface area contributed by atoms with Gasteiger partial charge in [0.25, 0.3) is 0 Å². The molecule has 0 amide bonds. The van der Waals surface area contributed by atoms with E-state index in [2.05, 4.69) is 0 Å². The molecule has 0 saturated carbocycles. The van der Waals surface area contributed by atoms with Crippen LogP contribution in [-0.4, -0.2) is 18.4 Å². The van der Waals surface area contributed by atoms with Gasteiger partial charge in [-0.2, -0.15) is 0 Å². The van der Waals surface area contributed by atoms with Crippen molar-refractivity contribution in [2.75, 3.05) is 6.61 Å². The maximum Gasteiger partial charge on any atom is 0.330 e. The van der Waals surface area contributed by atoms with Crippen molar-refractivity contribution in [2.24, 2.45) is 0 Å². The van der Waals surface area contributed by atoms with Crippen LogP contribution < -0.4 is 0 Å². The predicted molar refractivity (Wildman–Crippen MR) is 70.2 cm³/mol. The molecule has 18 heavy (non-hydrogen) atoms. The Balaban J connectivity index is 2.24. The summed E-state index contributed by atoms with van der Waals surface area (Å²) in [5, 5.41) is 0. The van der Waals surface area contributed by atoms with Crippen LogP contribution in [0.3, 0.4) is 0 Å². The smallest absolute Gasteiger partial charge is 0.330 e. The molecule has 0 bridgehead atoms. The van der Waals surface area contributed by atoms with Crippen molar-refractivity contribution in [3.05, 3.63) is 48.0 Å². The second-order valence-electron chi connectivity index (χ2n) is 3.88. The third-order valence-corrected chi connectivity index (χ3v) is 2.42. The fourth-order valence-corrected chi connectivity index (χ4v) is 1.51. The van der Waals surface area contributed by atoms with Crippen molar-refractivity contribution >= 4 is 11.8 Å². The fraction of sp³-hybridized carbons (Fsp3) is 0.333. The molecule has 1 aromatic carbocycles. The Bertz CT molecular complexity index is 407. The number of ether oxygens (including phenoxy) is 1. The van der Waals surface area contributed by atoms with Crippen molar-refractivity contribution < 1.29 is 14.3 Å². The highest BCUT2D eigenvalue weighted by Crippen LogP contribution is 2.04. The lowest BCUT2D eigenvalue weighted by Gasteiger charge is -1.99. The highest BCUT2D eigenvalue weighted by atomic mass is 16.5. The third kappa shape index (κ3) is 5.99. The SMILES string of the molecule is CCOC(=O)/C=C/CC(=O)CCc1ccccc1. The van der Waals surface area contributed by atoms with Gasteiger partial charge in [-0.3, -0.25) is 4.79 Å². The summed E-state index contributed by atoms with van der Waals surface area (Å²) in [6, 6.07) is 9.87. The van der Waals surface area contributed by atoms with Gasteiger partial charge in [-0.15, -0.1) is 0 Å². The summed E-state index contributed by atoms with van der Waals surface area (Å²) in [4.78, 5) is 22.5. The normalized spacial score (nSPS) is 10.5. The standard InChI is InChI=1S/C15H18O3/c1-2-18-15(17)10-6-9-14(16)12-11-13-7-4-3-5-8-13/h3-8,10H,2,9,11-12H2,1H3/b10-6+. The molecular weight excluding hydrogens is 228 g/mol. The molecule has 1 aromatic rings. The molecule has 0 aliphatic carbocycles. The van der Waals surface area contributed by atoms with Gasteiger partial charge in [0.1, 0.15) is 5.78 Å². The molecule has 3 heteroatoms. The highest BCUT2D eigenvalue weighted by Gasteiger charge is 2.01. The van der Waals surface area contributed by atoms with Gasteiger partial charge >= 0.3 is 5.97 Å². The highest BCUT2D eigenvalue weighted by molar-refractivity contribution is 5.85. The van der Waals surface area contributed by atoms with Crippen LogP contribution in [0.5, 0.6) is 0 Å². The Morgan fingerprint density at radius 3 is 2.61 bits per heavy atom. The Morgan fingerprint density at radius 2 is 1.94 bits per heavy atom. The number of carbonyl (C=O) groups excluding carboxylic acids is 2. The maximum atomic E-state index is 11.6. The van der Waals surface area contributed by atoms with E-state index in [0.717, 1.165) is 12.0 Å². The van der Waals surface area contributed by atoms with Crippen LogP contribution in [0, 0.1) is 0 Å². The minimum Gasteiger partial charge on any atom is -0.463 e. The van der Waals surface area contributed by atoms with E-state index < -0.39 is 5.97 Å². The van der Waals surface area contributed by atoms with E-state index in [1.54, 1.807) is 13.0 Å². The Labute approximate surface area is 107 Å². The van der Waals surface area contributed by atoms with E-state index in [9.17, 15) is 9.59 Å². The van der Waals surface area contributed by atoms with E-state index >= 15 is 0 Å². The molecule has 0 spiro atoms. The molecule has 0 atom stereocenters. The lowest BCUT2D eigenvalue weighted by Crippen LogP contribution is -2.01. The van der Waals surface area contributed by atoms with Crippen molar-refractivity contribution in [3.8, 4) is 0 Å². The molecule has 1 rings (SSSR count). The Kier molecular flexibility index (Phi) is 6.47. The third-order valence-electron chi connectivity index (χ3n) is 2.42. The van der Waals surface area contributed by atoms with E-state index in [0.29, 0.717) is 13.0 Å². The van der Waals surface area contributed by atoms with E-state index in [1.807, 2.05) is 30.3 Å². The van der Waals surface area contributed by atoms with Crippen molar-refractivity contribution in [3.63, 3.8) is 0 Å². The molecular formula is C15H18O3. The molecule has 0 aliphatic rings. The fourth-order valence-electron chi connectivity index (χ4n) is 1.51. The number of rotatable bonds is 7. The molecule has 0 aliphatic heterocycles. The molecule has 0 unspecified atom stereocenters. The summed E-state index contributed by atoms with van der Waals surface area (Å²) in [5.41, 5.74) is 1.15. The zero-order valence-corrected chi connectivity index (χ0v) is 10.6. The molecule has 0 heterocycles. The molecule has 3 nitrogen and oxygen atoms in total. The summed E-state index contributed by atoms with van der Waals surface area (Å²) in [6.07, 6.45) is 4.39. The molecule has 0 N–H and O–H groups in total. The van der Waals surface area contributed by atoms with Crippen LogP contribution in [0.15, 0.2) is 42.5 Å². The second kappa shape index (κ2) is 8.23. The lowest BCUT2D eigenvalue weighted by atomic mass is 10.1. The molecule has 0 fully saturated rings. The number of ketones is 1. The van der Waals surface area contributed by atoms with Crippen molar-refractivity contribution in [1.29, 1.82) is 0 Å². The molecule has 0 saturated heterocycles. The number of carbonyl (C=O) groups is 2. The van der Waals surface area contributed by atoms with Gasteiger partial charge in [-0.25, -0.2) is 4.79 Å². The number of benzene rings is 1. The largest absolute Gasteiger partial charge is 0.463 e. The van der Waals surface area contributed by atoms with Gasteiger partial charge in [0, 0.05) is 18.9 Å². The van der Waals surface area contributed by atoms with Gasteiger partial charge in [-0.1, -0.05) is 36.4 Å². The lowest BCUT2D eigenvalue weighted by molar-refractivity contribution is -0.137. The average molecular weight is 246 g/mol. The van der Waals surface area contributed by atoms with E-state index in [1.165, 1.54) is 6.08 Å². The monoisotopic (exact) mass is 246 g/mol. The van der Waals surface area contributed by atoms with Crippen molar-refractivity contribution in [2.45, 2.75) is 26.2 Å². The first-order valence-corrected chi connectivity index (χ1v) is 6.11. The zero-order valence-electron chi connectivity index (χ0n) is 10.6. The van der Waals surface area contributed by atoms with E-state index in [4.69, 9.17) is 4.74 Å². The number of aryl methyl sites for hydroxylation is 1. The topological polar surface area (TPSA) is 43.4 Å². The maximum absolute atomic E-state index is 11.6. The molecule has 0 radical (unpaired) electrons. The number of Topliss-reactive ketones (excluding diaryl/α,β-unsaturated/α-hetero) is 1. The molecule has 0 aromatic heterocycles. The second-order valence-corrected chi connectivity index (χ2v) is 3.88. The Hall–Kier alpha value is -1.90. The first-order chi connectivity index (χ1) is 8.72. The van der Waals surface area contributed by atoms with Crippen LogP contribution in [-0.2, 0) is 20.7 Å². The number of hydrogen-bond acceptors (Lipinski definition) is 3. The molecule has 96 valence electrons. The Morgan fingerprint density at radius 1 is 1.22 bits per heavy atom. The first kappa shape index (κ1) is 14.2. The van der Waals surface area contributed by atoms with E-state index in [-0.39, 0.29) is 12.2 Å². The average Bonchev–Trinajstić information content (AvgIpc) is 2.38. The summed E-state index contributed by atoms with van der Waals surface area (Å²) < 4.78 is 4.72. The zero-order chi connectivity index (χ0) is 13.2. The summed E-state index contributed by atoms with van der Waals surface area (Å²) in [7, 11) is 0. The van der Waals surface area contributed by atoms with Crippen LogP contribution >= 0.6 is 0 Å². The van der Waals surface area contributed by atoms with Gasteiger partial charge in [0.2, 0.25) is 0 Å². The van der Waals surface area contributed by atoms with Gasteiger partial charge in [-0.05, 0) is 18.9 Å². The number of esters is 1. The minimum absolute atomic E-state index is 0.124. The van der Waals surface area contributed by atoms with Crippen molar-refractivity contribution in [1.82, 2.24) is 0 Å². The number of allylic oxidation sites excluding steroid dienone is 1. The minimum atomic E-state index is -0.395. The van der Waals surface area contributed by atoms with Crippen LogP contribution in [0.1, 0.15) is 25.3 Å². The predicted octanol–water partition coefficient (Wildman–Crippen LogP) is 2.70. The van der Waals surface area contributed by atoms with Crippen LogP contribution in [0.25, 0.3) is 0 Å². The summed E-state index contributed by atoms with van der Waals surface area (Å²) >= 11 is 0.